The van der Waals surface area contributed by atoms with Gasteiger partial charge >= 0.3 is 0 Å². The van der Waals surface area contributed by atoms with Gasteiger partial charge in [0.25, 0.3) is 0 Å². The molecule has 96 valence electrons. The first-order chi connectivity index (χ1) is 7.67. The summed E-state index contributed by atoms with van der Waals surface area (Å²) in [5, 5.41) is 9.83. The van der Waals surface area contributed by atoms with E-state index in [2.05, 4.69) is 6.58 Å². The maximum Gasteiger partial charge on any atom is 0.146 e. The summed E-state index contributed by atoms with van der Waals surface area (Å²) < 4.78 is 20.3. The molecule has 0 saturated carbocycles. The molecule has 5 heteroatoms. The van der Waals surface area contributed by atoms with Crippen LogP contribution in [-0.4, -0.2) is 51.2 Å². The summed E-state index contributed by atoms with van der Waals surface area (Å²) in [6.45, 7) is 5.66. The normalized spacial score (nSPS) is 16.8. The molecule has 0 saturated heterocycles. The second-order valence-corrected chi connectivity index (χ2v) is 3.41. The van der Waals surface area contributed by atoms with Gasteiger partial charge in [0.1, 0.15) is 19.7 Å². The van der Waals surface area contributed by atoms with Crippen LogP contribution in [0.3, 0.4) is 0 Å². The second kappa shape index (κ2) is 9.74. The third kappa shape index (κ3) is 6.19. The molecule has 0 unspecified atom stereocenters. The standard InChI is InChI=1S/C11H22O5/c1-5-6-10(12)11(16-8-14-4)9(2)15-7-13-3/h5,9-12H,1,6-8H2,2-4H3/t9-,10-,11+/m1/s1. The van der Waals surface area contributed by atoms with Gasteiger partial charge in [0.2, 0.25) is 0 Å². The Morgan fingerprint density at radius 1 is 1.19 bits per heavy atom. The smallest absolute Gasteiger partial charge is 0.146 e. The molecule has 1 N–H and O–H groups in total. The molecule has 0 aliphatic heterocycles. The molecule has 0 aromatic rings. The number of aliphatic hydroxyl groups is 1. The Labute approximate surface area is 96.9 Å². The van der Waals surface area contributed by atoms with Crippen molar-refractivity contribution in [2.75, 3.05) is 27.8 Å². The van der Waals surface area contributed by atoms with Crippen molar-refractivity contribution < 1.29 is 24.1 Å². The van der Waals surface area contributed by atoms with E-state index in [-0.39, 0.29) is 19.7 Å². The lowest BCUT2D eigenvalue weighted by molar-refractivity contribution is -0.179. The summed E-state index contributed by atoms with van der Waals surface area (Å²) in [6.07, 6.45) is 0.656. The van der Waals surface area contributed by atoms with Crippen LogP contribution in [-0.2, 0) is 18.9 Å². The number of hydrogen-bond donors (Lipinski definition) is 1. The zero-order chi connectivity index (χ0) is 12.4. The summed E-state index contributed by atoms with van der Waals surface area (Å²) in [5.74, 6) is 0. The summed E-state index contributed by atoms with van der Waals surface area (Å²) in [6, 6.07) is 0. The molecule has 0 bridgehead atoms. The average Bonchev–Trinajstić information content (AvgIpc) is 2.27. The zero-order valence-electron chi connectivity index (χ0n) is 10.2. The van der Waals surface area contributed by atoms with Gasteiger partial charge in [-0.2, -0.15) is 0 Å². The van der Waals surface area contributed by atoms with Crippen LogP contribution in [0.2, 0.25) is 0 Å². The van der Waals surface area contributed by atoms with Crippen molar-refractivity contribution in [3.8, 4) is 0 Å². The van der Waals surface area contributed by atoms with E-state index in [0.29, 0.717) is 6.42 Å². The van der Waals surface area contributed by atoms with Crippen molar-refractivity contribution in [1.29, 1.82) is 0 Å². The van der Waals surface area contributed by atoms with Gasteiger partial charge in [-0.25, -0.2) is 0 Å². The van der Waals surface area contributed by atoms with E-state index < -0.39 is 12.2 Å². The molecule has 0 spiro atoms. The molecule has 0 radical (unpaired) electrons. The quantitative estimate of drug-likeness (QED) is 0.450. The summed E-state index contributed by atoms with van der Waals surface area (Å²) in [4.78, 5) is 0. The fraction of sp³-hybridized carbons (Fsp3) is 0.818. The lowest BCUT2D eigenvalue weighted by Gasteiger charge is -2.27. The molecule has 0 heterocycles. The van der Waals surface area contributed by atoms with E-state index in [1.807, 2.05) is 6.92 Å². The van der Waals surface area contributed by atoms with Crippen LogP contribution in [0.5, 0.6) is 0 Å². The van der Waals surface area contributed by atoms with Crippen LogP contribution < -0.4 is 0 Å². The highest BCUT2D eigenvalue weighted by molar-refractivity contribution is 4.81. The van der Waals surface area contributed by atoms with E-state index >= 15 is 0 Å². The van der Waals surface area contributed by atoms with Gasteiger partial charge in [-0.1, -0.05) is 6.08 Å². The first-order valence-electron chi connectivity index (χ1n) is 5.17. The van der Waals surface area contributed by atoms with Gasteiger partial charge in [0.05, 0.1) is 12.2 Å². The van der Waals surface area contributed by atoms with Crippen molar-refractivity contribution in [3.63, 3.8) is 0 Å². The third-order valence-corrected chi connectivity index (χ3v) is 2.08. The average molecular weight is 234 g/mol. The Bertz CT molecular complexity index is 174. The number of methoxy groups -OCH3 is 2. The molecule has 0 rings (SSSR count). The maximum atomic E-state index is 9.83. The Morgan fingerprint density at radius 3 is 2.25 bits per heavy atom. The molecular weight excluding hydrogens is 212 g/mol. The van der Waals surface area contributed by atoms with Gasteiger partial charge < -0.3 is 24.1 Å². The largest absolute Gasteiger partial charge is 0.390 e. The van der Waals surface area contributed by atoms with Crippen molar-refractivity contribution in [1.82, 2.24) is 0 Å². The molecule has 0 aromatic heterocycles. The van der Waals surface area contributed by atoms with Gasteiger partial charge in [0.15, 0.2) is 0 Å². The van der Waals surface area contributed by atoms with E-state index in [9.17, 15) is 5.11 Å². The van der Waals surface area contributed by atoms with E-state index in [1.165, 1.54) is 14.2 Å². The minimum atomic E-state index is -0.667. The van der Waals surface area contributed by atoms with Crippen molar-refractivity contribution in [2.24, 2.45) is 0 Å². The Morgan fingerprint density at radius 2 is 1.75 bits per heavy atom. The molecule has 0 aliphatic rings. The van der Waals surface area contributed by atoms with Crippen molar-refractivity contribution in [3.05, 3.63) is 12.7 Å². The van der Waals surface area contributed by atoms with Crippen LogP contribution in [0, 0.1) is 0 Å². The molecule has 0 amide bonds. The molecule has 0 aliphatic carbocycles. The minimum Gasteiger partial charge on any atom is -0.390 e. The predicted molar refractivity (Wildman–Crippen MR) is 60.0 cm³/mol. The van der Waals surface area contributed by atoms with Gasteiger partial charge in [-0.3, -0.25) is 0 Å². The summed E-state index contributed by atoms with van der Waals surface area (Å²) in [5.41, 5.74) is 0. The van der Waals surface area contributed by atoms with Crippen LogP contribution in [0.15, 0.2) is 12.7 Å². The highest BCUT2D eigenvalue weighted by atomic mass is 16.7. The third-order valence-electron chi connectivity index (χ3n) is 2.08. The Kier molecular flexibility index (Phi) is 9.46. The van der Waals surface area contributed by atoms with Crippen LogP contribution >= 0.6 is 0 Å². The Balaban J connectivity index is 4.20. The highest BCUT2D eigenvalue weighted by Crippen LogP contribution is 2.12. The Hall–Kier alpha value is -0.460. The van der Waals surface area contributed by atoms with Gasteiger partial charge in [-0.15, -0.1) is 6.58 Å². The first-order valence-corrected chi connectivity index (χ1v) is 5.17. The molecule has 16 heavy (non-hydrogen) atoms. The predicted octanol–water partition coefficient (Wildman–Crippen LogP) is 0.921. The highest BCUT2D eigenvalue weighted by Gasteiger charge is 2.26. The molecule has 0 fully saturated rings. The molecule has 3 atom stereocenters. The van der Waals surface area contributed by atoms with Crippen molar-refractivity contribution >= 4 is 0 Å². The molecule has 0 aromatic carbocycles. The minimum absolute atomic E-state index is 0.111. The molecule has 5 nitrogen and oxygen atoms in total. The topological polar surface area (TPSA) is 57.2 Å². The lowest BCUT2D eigenvalue weighted by Crippen LogP contribution is -2.40. The summed E-state index contributed by atoms with van der Waals surface area (Å²) in [7, 11) is 3.07. The van der Waals surface area contributed by atoms with Gasteiger partial charge in [-0.05, 0) is 13.3 Å². The van der Waals surface area contributed by atoms with Gasteiger partial charge in [0, 0.05) is 14.2 Å². The molecular formula is C11H22O5. The number of ether oxygens (including phenoxy) is 4. The summed E-state index contributed by atoms with van der Waals surface area (Å²) >= 11 is 0. The zero-order valence-corrected chi connectivity index (χ0v) is 10.2. The first kappa shape index (κ1) is 15.5. The SMILES string of the molecule is C=CC[C@@H](O)[C@@H](OCOC)[C@@H](C)OCOC. The number of hydrogen-bond acceptors (Lipinski definition) is 5. The number of aliphatic hydroxyl groups excluding tert-OH is 1. The van der Waals surface area contributed by atoms with Crippen LogP contribution in [0.25, 0.3) is 0 Å². The van der Waals surface area contributed by atoms with E-state index in [1.54, 1.807) is 6.08 Å². The maximum absolute atomic E-state index is 9.83. The van der Waals surface area contributed by atoms with Crippen LogP contribution in [0.1, 0.15) is 13.3 Å². The fourth-order valence-corrected chi connectivity index (χ4v) is 1.28. The second-order valence-electron chi connectivity index (χ2n) is 3.41. The van der Waals surface area contributed by atoms with E-state index in [0.717, 1.165) is 0 Å². The van der Waals surface area contributed by atoms with E-state index in [4.69, 9.17) is 18.9 Å². The fourth-order valence-electron chi connectivity index (χ4n) is 1.28. The van der Waals surface area contributed by atoms with Crippen LogP contribution in [0.4, 0.5) is 0 Å². The van der Waals surface area contributed by atoms with Crippen molar-refractivity contribution in [2.45, 2.75) is 31.7 Å². The number of rotatable bonds is 10. The monoisotopic (exact) mass is 234 g/mol. The lowest BCUT2D eigenvalue weighted by atomic mass is 10.1.